The molecule has 0 spiro atoms. The van der Waals surface area contributed by atoms with Crippen molar-refractivity contribution in [2.45, 2.75) is 93.0 Å². The van der Waals surface area contributed by atoms with Crippen LogP contribution in [0.25, 0.3) is 23.9 Å². The van der Waals surface area contributed by atoms with Gasteiger partial charge in [-0.05, 0) is 42.9 Å². The Labute approximate surface area is 180 Å². The molecule has 0 saturated heterocycles. The Hall–Kier alpha value is -1.76. The summed E-state index contributed by atoms with van der Waals surface area (Å²) in [6, 6.07) is 8.38. The van der Waals surface area contributed by atoms with Gasteiger partial charge in [-0.2, -0.15) is 0 Å². The third kappa shape index (κ3) is 8.64. The molecule has 1 aromatic carbocycles. The molecule has 1 aromatic heterocycles. The van der Waals surface area contributed by atoms with Crippen molar-refractivity contribution in [3.8, 4) is 0 Å². The van der Waals surface area contributed by atoms with Crippen molar-refractivity contribution in [1.82, 2.24) is 4.57 Å². The lowest BCUT2D eigenvalue weighted by atomic mass is 9.77. The van der Waals surface area contributed by atoms with Gasteiger partial charge in [-0.3, -0.25) is 0 Å². The Bertz CT molecular complexity index is 798. The number of fused-ring (bicyclic) bond motifs is 1. The predicted octanol–water partition coefficient (Wildman–Crippen LogP) is 7.46. The highest BCUT2D eigenvalue weighted by molar-refractivity contribution is 5.83. The molecule has 0 atom stereocenters. The van der Waals surface area contributed by atoms with Crippen molar-refractivity contribution >= 4 is 23.9 Å². The predicted molar refractivity (Wildman–Crippen MR) is 134 cm³/mol. The molecule has 0 fully saturated rings. The van der Waals surface area contributed by atoms with Gasteiger partial charge in [0.15, 0.2) is 0 Å². The summed E-state index contributed by atoms with van der Waals surface area (Å²) in [6.45, 7) is 27.1. The fourth-order valence-corrected chi connectivity index (χ4v) is 3.56. The van der Waals surface area contributed by atoms with Crippen LogP contribution in [0.15, 0.2) is 36.9 Å². The fourth-order valence-electron chi connectivity index (χ4n) is 3.56. The second-order valence-corrected chi connectivity index (χ2v) is 10.3. The topological polar surface area (TPSA) is 4.93 Å². The molecule has 0 aliphatic heterocycles. The molecule has 1 heterocycles. The first-order valence-electron chi connectivity index (χ1n) is 11.4. The third-order valence-electron chi connectivity index (χ3n) is 5.76. The van der Waals surface area contributed by atoms with Gasteiger partial charge in [-0.1, -0.05) is 97.9 Å². The SMILES string of the molecule is C=CCCC(C)(C)CCC(C)(C)C.C=c1c2ccccc2c(=C)n1CCCCC. The van der Waals surface area contributed by atoms with Gasteiger partial charge in [0.25, 0.3) is 0 Å². The number of unbranched alkanes of at least 4 members (excludes halogenated alkanes) is 2. The van der Waals surface area contributed by atoms with E-state index in [2.05, 4.69) is 90.1 Å². The first-order valence-corrected chi connectivity index (χ1v) is 11.4. The van der Waals surface area contributed by atoms with Gasteiger partial charge in [-0.25, -0.2) is 0 Å². The third-order valence-corrected chi connectivity index (χ3v) is 5.76. The highest BCUT2D eigenvalue weighted by atomic mass is 15.0. The molecule has 0 radical (unpaired) electrons. The van der Waals surface area contributed by atoms with Gasteiger partial charge in [0.05, 0.1) is 0 Å². The average Bonchev–Trinajstić information content (AvgIpc) is 2.90. The van der Waals surface area contributed by atoms with Gasteiger partial charge in [0.1, 0.15) is 0 Å². The highest BCUT2D eigenvalue weighted by Gasteiger charge is 2.20. The molecule has 0 bridgehead atoms. The highest BCUT2D eigenvalue weighted by Crippen LogP contribution is 2.33. The quantitative estimate of drug-likeness (QED) is 0.307. The van der Waals surface area contributed by atoms with Crippen LogP contribution in [0.4, 0.5) is 0 Å². The van der Waals surface area contributed by atoms with E-state index in [9.17, 15) is 0 Å². The van der Waals surface area contributed by atoms with Crippen LogP contribution in [0.2, 0.25) is 0 Å². The van der Waals surface area contributed by atoms with E-state index < -0.39 is 0 Å². The maximum absolute atomic E-state index is 4.17. The van der Waals surface area contributed by atoms with Crippen molar-refractivity contribution in [2.24, 2.45) is 10.8 Å². The zero-order chi connectivity index (χ0) is 22.1. The molecule has 2 aromatic rings. The Morgan fingerprint density at radius 2 is 1.41 bits per heavy atom. The first kappa shape index (κ1) is 25.3. The number of benzene rings is 1. The Morgan fingerprint density at radius 3 is 1.86 bits per heavy atom. The van der Waals surface area contributed by atoms with Crippen molar-refractivity contribution in [2.75, 3.05) is 0 Å². The summed E-state index contributed by atoms with van der Waals surface area (Å²) < 4.78 is 2.25. The molecule has 0 amide bonds. The molecule has 0 saturated carbocycles. The molecule has 2 rings (SSSR count). The number of hydrogen-bond donors (Lipinski definition) is 0. The summed E-state index contributed by atoms with van der Waals surface area (Å²) in [4.78, 5) is 0. The van der Waals surface area contributed by atoms with Crippen molar-refractivity contribution in [1.29, 1.82) is 0 Å². The standard InChI is InChI=1S/C15H19N.C13H26/c1-4-5-8-11-16-12(2)14-9-6-7-10-15(14)13(16)3;1-7-8-9-13(5,6)11-10-12(2,3)4/h6-7,9-10H,2-5,8,11H2,1H3;7H,1,8-11H2,2-6H3. The maximum atomic E-state index is 4.17. The molecule has 1 nitrogen and oxygen atoms in total. The van der Waals surface area contributed by atoms with Gasteiger partial charge >= 0.3 is 0 Å². The first-order chi connectivity index (χ1) is 13.5. The van der Waals surface area contributed by atoms with Gasteiger partial charge < -0.3 is 4.57 Å². The van der Waals surface area contributed by atoms with E-state index in [0.29, 0.717) is 10.8 Å². The lowest BCUT2D eigenvalue weighted by Crippen LogP contribution is -2.25. The monoisotopic (exact) mass is 395 g/mol. The number of aromatic nitrogens is 1. The molecule has 162 valence electrons. The molecule has 0 aliphatic carbocycles. The summed E-state index contributed by atoms with van der Waals surface area (Å²) in [5, 5.41) is 4.70. The van der Waals surface area contributed by atoms with Crippen LogP contribution in [0.3, 0.4) is 0 Å². The van der Waals surface area contributed by atoms with E-state index in [-0.39, 0.29) is 0 Å². The second kappa shape index (κ2) is 11.4. The Kier molecular flexibility index (Phi) is 9.96. The van der Waals surface area contributed by atoms with Crippen LogP contribution >= 0.6 is 0 Å². The fraction of sp³-hybridized carbons (Fsp3) is 0.571. The number of hydrogen-bond acceptors (Lipinski definition) is 0. The van der Waals surface area contributed by atoms with Crippen molar-refractivity contribution in [3.05, 3.63) is 47.6 Å². The number of rotatable bonds is 9. The van der Waals surface area contributed by atoms with Crippen LogP contribution in [-0.2, 0) is 6.54 Å². The minimum atomic E-state index is 0.478. The summed E-state index contributed by atoms with van der Waals surface area (Å²) >= 11 is 0. The van der Waals surface area contributed by atoms with E-state index in [1.165, 1.54) is 49.3 Å². The number of allylic oxidation sites excluding steroid dienone is 1. The molecular weight excluding hydrogens is 350 g/mol. The maximum Gasteiger partial charge on any atom is 0.0418 e. The average molecular weight is 396 g/mol. The van der Waals surface area contributed by atoms with E-state index in [0.717, 1.165) is 23.7 Å². The lowest BCUT2D eigenvalue weighted by Gasteiger charge is -2.28. The van der Waals surface area contributed by atoms with Gasteiger partial charge in [0.2, 0.25) is 0 Å². The lowest BCUT2D eigenvalue weighted by molar-refractivity contribution is 0.242. The van der Waals surface area contributed by atoms with E-state index in [1.54, 1.807) is 0 Å². The van der Waals surface area contributed by atoms with E-state index >= 15 is 0 Å². The summed E-state index contributed by atoms with van der Waals surface area (Å²) in [6.07, 6.45) is 10.8. The van der Waals surface area contributed by atoms with Crippen LogP contribution in [0, 0.1) is 10.8 Å². The molecule has 0 unspecified atom stereocenters. The number of nitrogens with zero attached hydrogens (tertiary/aromatic N) is 1. The van der Waals surface area contributed by atoms with Crippen molar-refractivity contribution < 1.29 is 0 Å². The zero-order valence-electron chi connectivity index (χ0n) is 20.1. The summed E-state index contributed by atoms with van der Waals surface area (Å²) in [5.41, 5.74) is 0.965. The molecule has 1 heteroatoms. The molecule has 0 N–H and O–H groups in total. The van der Waals surface area contributed by atoms with Crippen LogP contribution in [0.5, 0.6) is 0 Å². The van der Waals surface area contributed by atoms with Gasteiger partial charge in [-0.15, -0.1) is 6.58 Å². The Balaban J connectivity index is 0.000000298. The molecule has 0 aliphatic rings. The minimum absolute atomic E-state index is 0.478. The zero-order valence-corrected chi connectivity index (χ0v) is 20.1. The minimum Gasteiger partial charge on any atom is -0.341 e. The van der Waals surface area contributed by atoms with Crippen LogP contribution < -0.4 is 10.7 Å². The summed E-state index contributed by atoms with van der Waals surface area (Å²) in [5.74, 6) is 0. The molecule has 29 heavy (non-hydrogen) atoms. The largest absolute Gasteiger partial charge is 0.341 e. The Morgan fingerprint density at radius 1 is 0.862 bits per heavy atom. The van der Waals surface area contributed by atoms with Crippen LogP contribution in [-0.4, -0.2) is 4.57 Å². The second-order valence-electron chi connectivity index (χ2n) is 10.3. The van der Waals surface area contributed by atoms with Gasteiger partial charge in [0, 0.05) is 28.0 Å². The molecular formula is C28H45N. The van der Waals surface area contributed by atoms with E-state index in [4.69, 9.17) is 0 Å². The van der Waals surface area contributed by atoms with Crippen LogP contribution in [0.1, 0.15) is 86.5 Å². The summed E-state index contributed by atoms with van der Waals surface area (Å²) in [7, 11) is 0. The van der Waals surface area contributed by atoms with Crippen molar-refractivity contribution in [3.63, 3.8) is 0 Å². The van der Waals surface area contributed by atoms with E-state index in [1.807, 2.05) is 6.08 Å². The normalized spacial score (nSPS) is 11.9. The smallest absolute Gasteiger partial charge is 0.0418 e.